The molecule has 3 nitrogen and oxygen atoms in total. The van der Waals surface area contributed by atoms with Crippen LogP contribution in [-0.2, 0) is 0 Å². The summed E-state index contributed by atoms with van der Waals surface area (Å²) in [7, 11) is 3.10. The average Bonchev–Trinajstić information content (AvgIpc) is 2.46. The first kappa shape index (κ1) is 16.4. The Morgan fingerprint density at radius 3 is 2.29 bits per heavy atom. The van der Waals surface area contributed by atoms with Gasteiger partial charge in [-0.25, -0.2) is 0 Å². The van der Waals surface area contributed by atoms with Crippen molar-refractivity contribution < 1.29 is 9.47 Å². The summed E-state index contributed by atoms with van der Waals surface area (Å²) in [5.74, 6) is 1.05. The standard InChI is InChI=1S/C15H14BrCl2NO2/c1-20-12-6-5-10(15(21-2)13(12)18)14(19)9-4-3-8(17)7-11(9)16/h3-7,14H,19H2,1-2H3. The fourth-order valence-electron chi connectivity index (χ4n) is 2.08. The molecule has 0 aliphatic carbocycles. The van der Waals surface area contributed by atoms with E-state index in [9.17, 15) is 0 Å². The second kappa shape index (κ2) is 6.88. The molecule has 0 saturated carbocycles. The van der Waals surface area contributed by atoms with Crippen molar-refractivity contribution >= 4 is 39.1 Å². The lowest BCUT2D eigenvalue weighted by Gasteiger charge is -2.19. The number of ether oxygens (including phenoxy) is 2. The number of benzene rings is 2. The SMILES string of the molecule is COc1ccc(C(N)c2ccc(Cl)cc2Br)c(OC)c1Cl. The van der Waals surface area contributed by atoms with Crippen molar-refractivity contribution in [1.29, 1.82) is 0 Å². The molecule has 0 saturated heterocycles. The Bertz CT molecular complexity index is 664. The number of nitrogens with two attached hydrogens (primary N) is 1. The highest BCUT2D eigenvalue weighted by Crippen LogP contribution is 2.41. The van der Waals surface area contributed by atoms with E-state index in [0.29, 0.717) is 21.5 Å². The van der Waals surface area contributed by atoms with E-state index in [1.165, 1.54) is 0 Å². The summed E-state index contributed by atoms with van der Waals surface area (Å²) in [6, 6.07) is 8.66. The van der Waals surface area contributed by atoms with Crippen LogP contribution in [0.25, 0.3) is 0 Å². The van der Waals surface area contributed by atoms with Crippen LogP contribution in [0, 0.1) is 0 Å². The normalized spacial score (nSPS) is 12.1. The van der Waals surface area contributed by atoms with Crippen molar-refractivity contribution in [1.82, 2.24) is 0 Å². The molecule has 112 valence electrons. The van der Waals surface area contributed by atoms with Gasteiger partial charge in [0.15, 0.2) is 0 Å². The first-order valence-corrected chi connectivity index (χ1v) is 7.65. The van der Waals surface area contributed by atoms with Gasteiger partial charge in [-0.15, -0.1) is 0 Å². The number of halogens is 3. The summed E-state index contributed by atoms with van der Waals surface area (Å²) in [6.07, 6.45) is 0. The zero-order valence-corrected chi connectivity index (χ0v) is 14.6. The van der Waals surface area contributed by atoms with Gasteiger partial charge in [-0.1, -0.05) is 45.2 Å². The number of rotatable bonds is 4. The third kappa shape index (κ3) is 3.29. The van der Waals surface area contributed by atoms with Crippen LogP contribution < -0.4 is 15.2 Å². The van der Waals surface area contributed by atoms with E-state index in [0.717, 1.165) is 15.6 Å². The molecule has 0 heterocycles. The molecule has 0 amide bonds. The van der Waals surface area contributed by atoms with Gasteiger partial charge in [0, 0.05) is 15.1 Å². The van der Waals surface area contributed by atoms with Crippen LogP contribution in [0.15, 0.2) is 34.8 Å². The molecule has 2 aromatic carbocycles. The van der Waals surface area contributed by atoms with Crippen LogP contribution in [0.2, 0.25) is 10.0 Å². The Balaban J connectivity index is 2.52. The molecule has 0 spiro atoms. The number of methoxy groups -OCH3 is 2. The number of hydrogen-bond acceptors (Lipinski definition) is 3. The largest absolute Gasteiger partial charge is 0.495 e. The molecule has 2 aromatic rings. The van der Waals surface area contributed by atoms with Crippen molar-refractivity contribution in [2.24, 2.45) is 5.73 Å². The average molecular weight is 391 g/mol. The van der Waals surface area contributed by atoms with Crippen molar-refractivity contribution in [2.75, 3.05) is 14.2 Å². The molecule has 0 bridgehead atoms. The minimum absolute atomic E-state index is 0.401. The predicted octanol–water partition coefficient (Wildman–Crippen LogP) is 4.82. The van der Waals surface area contributed by atoms with E-state index >= 15 is 0 Å². The topological polar surface area (TPSA) is 44.5 Å². The number of hydrogen-bond donors (Lipinski definition) is 1. The van der Waals surface area contributed by atoms with E-state index in [-0.39, 0.29) is 0 Å². The summed E-state index contributed by atoms with van der Waals surface area (Å²) in [4.78, 5) is 0. The molecule has 6 heteroatoms. The van der Waals surface area contributed by atoms with Crippen molar-refractivity contribution in [3.8, 4) is 11.5 Å². The van der Waals surface area contributed by atoms with E-state index in [1.54, 1.807) is 32.4 Å². The maximum Gasteiger partial charge on any atom is 0.146 e. The van der Waals surface area contributed by atoms with E-state index in [1.807, 2.05) is 12.1 Å². The summed E-state index contributed by atoms with van der Waals surface area (Å²) >= 11 is 15.7. The molecule has 0 aliphatic heterocycles. The van der Waals surface area contributed by atoms with E-state index in [4.69, 9.17) is 38.4 Å². The third-order valence-electron chi connectivity index (χ3n) is 3.15. The second-order valence-electron chi connectivity index (χ2n) is 4.35. The van der Waals surface area contributed by atoms with Crippen molar-refractivity contribution in [3.63, 3.8) is 0 Å². The van der Waals surface area contributed by atoms with Gasteiger partial charge in [0.05, 0.1) is 20.3 Å². The first-order chi connectivity index (χ1) is 9.99. The molecule has 1 atom stereocenters. The quantitative estimate of drug-likeness (QED) is 0.813. The van der Waals surface area contributed by atoms with Crippen LogP contribution in [0.1, 0.15) is 17.2 Å². The van der Waals surface area contributed by atoms with Gasteiger partial charge < -0.3 is 15.2 Å². The fourth-order valence-corrected chi connectivity index (χ4v) is 3.34. The molecule has 0 radical (unpaired) electrons. The van der Waals surface area contributed by atoms with Gasteiger partial charge in [-0.05, 0) is 29.8 Å². The molecule has 2 N–H and O–H groups in total. The lowest BCUT2D eigenvalue weighted by atomic mass is 9.98. The second-order valence-corrected chi connectivity index (χ2v) is 6.02. The Hall–Kier alpha value is -0.940. The third-order valence-corrected chi connectivity index (χ3v) is 4.43. The van der Waals surface area contributed by atoms with Crippen LogP contribution in [0.4, 0.5) is 0 Å². The maximum atomic E-state index is 6.35. The Morgan fingerprint density at radius 2 is 1.71 bits per heavy atom. The van der Waals surface area contributed by atoms with E-state index < -0.39 is 6.04 Å². The van der Waals surface area contributed by atoms with Crippen LogP contribution in [0.3, 0.4) is 0 Å². The zero-order chi connectivity index (χ0) is 15.6. The molecule has 1 unspecified atom stereocenters. The zero-order valence-electron chi connectivity index (χ0n) is 11.5. The summed E-state index contributed by atoms with van der Waals surface area (Å²) in [6.45, 7) is 0. The van der Waals surface area contributed by atoms with Gasteiger partial charge in [0.2, 0.25) is 0 Å². The summed E-state index contributed by atoms with van der Waals surface area (Å²) < 4.78 is 11.4. The lowest BCUT2D eigenvalue weighted by Crippen LogP contribution is -2.14. The highest BCUT2D eigenvalue weighted by atomic mass is 79.9. The Morgan fingerprint density at radius 1 is 1.05 bits per heavy atom. The Kier molecular flexibility index (Phi) is 5.38. The van der Waals surface area contributed by atoms with Gasteiger partial charge in [0.25, 0.3) is 0 Å². The molecular formula is C15H14BrCl2NO2. The van der Waals surface area contributed by atoms with Crippen molar-refractivity contribution in [3.05, 3.63) is 56.0 Å². The minimum atomic E-state index is -0.407. The molecule has 0 aliphatic rings. The van der Waals surface area contributed by atoms with Crippen LogP contribution in [-0.4, -0.2) is 14.2 Å². The van der Waals surface area contributed by atoms with Crippen molar-refractivity contribution in [2.45, 2.75) is 6.04 Å². The molecule has 2 rings (SSSR count). The highest BCUT2D eigenvalue weighted by Gasteiger charge is 2.20. The van der Waals surface area contributed by atoms with Crippen LogP contribution >= 0.6 is 39.1 Å². The highest BCUT2D eigenvalue weighted by molar-refractivity contribution is 9.10. The van der Waals surface area contributed by atoms with Gasteiger partial charge >= 0.3 is 0 Å². The van der Waals surface area contributed by atoms with Gasteiger partial charge in [-0.2, -0.15) is 0 Å². The molecule has 0 fully saturated rings. The smallest absolute Gasteiger partial charge is 0.146 e. The van der Waals surface area contributed by atoms with E-state index in [2.05, 4.69) is 15.9 Å². The Labute approximate surface area is 142 Å². The molecule has 21 heavy (non-hydrogen) atoms. The van der Waals surface area contributed by atoms with Crippen LogP contribution in [0.5, 0.6) is 11.5 Å². The summed E-state index contributed by atoms with van der Waals surface area (Å²) in [5.41, 5.74) is 8.01. The monoisotopic (exact) mass is 389 g/mol. The first-order valence-electron chi connectivity index (χ1n) is 6.10. The molecular weight excluding hydrogens is 377 g/mol. The molecule has 0 aromatic heterocycles. The predicted molar refractivity (Wildman–Crippen MR) is 89.7 cm³/mol. The fraction of sp³-hybridized carbons (Fsp3) is 0.200. The minimum Gasteiger partial charge on any atom is -0.495 e. The van der Waals surface area contributed by atoms with Gasteiger partial charge in [-0.3, -0.25) is 0 Å². The maximum absolute atomic E-state index is 6.35. The lowest BCUT2D eigenvalue weighted by molar-refractivity contribution is 0.390. The van der Waals surface area contributed by atoms with Gasteiger partial charge in [0.1, 0.15) is 16.5 Å². The summed E-state index contributed by atoms with van der Waals surface area (Å²) in [5, 5.41) is 1.04.